The number of esters is 1. The molecule has 35 heavy (non-hydrogen) atoms. The fraction of sp³-hybridized carbons (Fsp3) is 0.704. The lowest BCUT2D eigenvalue weighted by Crippen LogP contribution is -2.70. The number of aryl methyl sites for hydroxylation is 1. The van der Waals surface area contributed by atoms with Crippen molar-refractivity contribution in [2.75, 3.05) is 13.7 Å². The van der Waals surface area contributed by atoms with E-state index in [1.807, 2.05) is 19.1 Å². The number of carbonyl (C=O) groups is 2. The first-order valence-electron chi connectivity index (χ1n) is 13.1. The van der Waals surface area contributed by atoms with Crippen LogP contribution in [-0.2, 0) is 24.3 Å². The summed E-state index contributed by atoms with van der Waals surface area (Å²) < 4.78 is 34.3. The molecule has 194 valence electrons. The molecule has 0 aromatic heterocycles. The first kappa shape index (κ1) is 26.1. The van der Waals surface area contributed by atoms with Gasteiger partial charge in [0.05, 0.1) is 22.8 Å². The summed E-state index contributed by atoms with van der Waals surface area (Å²) in [6.07, 6.45) is 9.01. The van der Waals surface area contributed by atoms with E-state index in [1.165, 1.54) is 13.5 Å². The molecule has 0 radical (unpaired) electrons. The van der Waals surface area contributed by atoms with Crippen LogP contribution in [0, 0.1) is 29.6 Å². The van der Waals surface area contributed by atoms with E-state index in [0.29, 0.717) is 36.6 Å². The summed E-state index contributed by atoms with van der Waals surface area (Å²) in [7, 11) is -2.20. The van der Waals surface area contributed by atoms with Crippen molar-refractivity contribution in [2.24, 2.45) is 22.7 Å². The van der Waals surface area contributed by atoms with Crippen LogP contribution in [-0.4, -0.2) is 40.0 Å². The van der Waals surface area contributed by atoms with E-state index in [9.17, 15) is 18.0 Å². The van der Waals surface area contributed by atoms with Gasteiger partial charge in [0.1, 0.15) is 0 Å². The fourth-order valence-electron chi connectivity index (χ4n) is 6.59. The molecule has 0 aliphatic heterocycles. The molecule has 5 rings (SSSR count). The van der Waals surface area contributed by atoms with E-state index in [0.717, 1.165) is 44.1 Å². The van der Waals surface area contributed by atoms with Crippen molar-refractivity contribution in [3.05, 3.63) is 29.8 Å². The van der Waals surface area contributed by atoms with Crippen molar-refractivity contribution in [1.29, 1.82) is 0 Å². The van der Waals surface area contributed by atoms with Gasteiger partial charge in [-0.2, -0.15) is 0 Å². The predicted octanol–water partition coefficient (Wildman–Crippen LogP) is 4.10. The van der Waals surface area contributed by atoms with Gasteiger partial charge < -0.3 is 10.1 Å². The molecule has 2 bridgehead atoms. The average molecular weight is 505 g/mol. The topological polar surface area (TPSA) is 102 Å². The molecule has 7 nitrogen and oxygen atoms in total. The third-order valence-electron chi connectivity index (χ3n) is 8.65. The number of nitrogens with one attached hydrogen (secondary N) is 2. The Kier molecular flexibility index (Phi) is 7.62. The number of benzene rings is 1. The predicted molar refractivity (Wildman–Crippen MR) is 134 cm³/mol. The molecule has 0 spiro atoms. The van der Waals surface area contributed by atoms with Gasteiger partial charge in [0.2, 0.25) is 15.9 Å². The van der Waals surface area contributed by atoms with Crippen LogP contribution in [0.15, 0.2) is 29.2 Å². The van der Waals surface area contributed by atoms with Gasteiger partial charge in [-0.05, 0) is 75.8 Å². The Labute approximate surface area is 209 Å². The van der Waals surface area contributed by atoms with Gasteiger partial charge in [-0.25, -0.2) is 13.1 Å². The molecule has 0 saturated heterocycles. The van der Waals surface area contributed by atoms with E-state index in [1.54, 1.807) is 12.1 Å². The second kappa shape index (κ2) is 10.2. The molecule has 1 aromatic carbocycles. The molecule has 2 unspecified atom stereocenters. The van der Waals surface area contributed by atoms with Gasteiger partial charge in [-0.1, -0.05) is 43.9 Å². The van der Waals surface area contributed by atoms with Crippen molar-refractivity contribution < 1.29 is 22.7 Å². The molecular formula is C27H40N2O5S. The van der Waals surface area contributed by atoms with Gasteiger partial charge in [-0.3, -0.25) is 9.59 Å². The van der Waals surface area contributed by atoms with Crippen LogP contribution in [0.5, 0.6) is 0 Å². The minimum atomic E-state index is -3.60. The number of ether oxygens (including phenoxy) is 1. The third-order valence-corrected chi connectivity index (χ3v) is 10.1. The second-order valence-electron chi connectivity index (χ2n) is 11.3. The molecule has 4 saturated carbocycles. The van der Waals surface area contributed by atoms with Gasteiger partial charge in [0.15, 0.2) is 0 Å². The zero-order valence-corrected chi connectivity index (χ0v) is 22.1. The highest BCUT2D eigenvalue weighted by Gasteiger charge is 2.75. The van der Waals surface area contributed by atoms with Crippen LogP contribution in [0.2, 0.25) is 0 Å². The minimum absolute atomic E-state index is 0.0415. The summed E-state index contributed by atoms with van der Waals surface area (Å²) in [5, 5.41) is 3.06. The van der Waals surface area contributed by atoms with Crippen molar-refractivity contribution in [3.8, 4) is 0 Å². The third kappa shape index (κ3) is 5.29. The molecular weight excluding hydrogens is 464 g/mol. The van der Waals surface area contributed by atoms with Gasteiger partial charge in [0, 0.05) is 12.6 Å². The number of hydrogen-bond donors (Lipinski definition) is 2. The normalized spacial score (nSPS) is 27.7. The van der Waals surface area contributed by atoms with E-state index in [2.05, 4.69) is 17.0 Å². The zero-order valence-electron chi connectivity index (χ0n) is 21.3. The van der Waals surface area contributed by atoms with Crippen LogP contribution in [0.25, 0.3) is 0 Å². The maximum Gasteiger partial charge on any atom is 0.311 e. The summed E-state index contributed by atoms with van der Waals surface area (Å²) in [6, 6.07) is 6.88. The van der Waals surface area contributed by atoms with Crippen LogP contribution in [0.4, 0.5) is 0 Å². The number of amides is 1. The SMILES string of the molecule is COC(=O)C12CC(C(=O)NCCCC(C)C(NS(=O)(=O)c3ccc(C)cc3)C3CCCCC3)(C1)C2. The quantitative estimate of drug-likeness (QED) is 0.349. The first-order chi connectivity index (χ1) is 16.6. The molecule has 1 aromatic rings. The lowest BCUT2D eigenvalue weighted by Gasteiger charge is -2.66. The largest absolute Gasteiger partial charge is 0.469 e. The number of rotatable bonds is 11. The Morgan fingerprint density at radius 3 is 2.29 bits per heavy atom. The standard InChI is InChI=1S/C27H40N2O5S/c1-19-11-13-22(14-12-19)35(32,33)29-23(21-9-5-4-6-10-21)20(2)8-7-15-28-24(30)26-16-27(17-26,18-26)25(31)34-3/h11-14,20-21,23,29H,4-10,15-18H2,1-3H3,(H,28,30). The molecule has 1 amide bonds. The van der Waals surface area contributed by atoms with Crippen LogP contribution >= 0.6 is 0 Å². The Bertz CT molecular complexity index is 1010. The summed E-state index contributed by atoms with van der Waals surface area (Å²) in [5.41, 5.74) is 0.235. The van der Waals surface area contributed by atoms with E-state index in [-0.39, 0.29) is 29.3 Å². The summed E-state index contributed by atoms with van der Waals surface area (Å²) in [6.45, 7) is 4.64. The summed E-state index contributed by atoms with van der Waals surface area (Å²) in [4.78, 5) is 24.8. The lowest BCUT2D eigenvalue weighted by molar-refractivity contribution is -0.222. The molecule has 4 aliphatic carbocycles. The molecule has 8 heteroatoms. The summed E-state index contributed by atoms with van der Waals surface area (Å²) >= 11 is 0. The van der Waals surface area contributed by atoms with E-state index in [4.69, 9.17) is 4.74 Å². The van der Waals surface area contributed by atoms with Crippen molar-refractivity contribution >= 4 is 21.9 Å². The molecule has 4 fully saturated rings. The Morgan fingerprint density at radius 1 is 1.06 bits per heavy atom. The molecule has 2 atom stereocenters. The van der Waals surface area contributed by atoms with Gasteiger partial charge in [0.25, 0.3) is 0 Å². The maximum absolute atomic E-state index is 13.2. The van der Waals surface area contributed by atoms with Gasteiger partial charge >= 0.3 is 5.97 Å². The number of carbonyl (C=O) groups excluding carboxylic acids is 2. The van der Waals surface area contributed by atoms with Crippen LogP contribution in [0.3, 0.4) is 0 Å². The highest BCUT2D eigenvalue weighted by molar-refractivity contribution is 7.89. The van der Waals surface area contributed by atoms with Crippen molar-refractivity contribution in [2.45, 2.75) is 89.0 Å². The Hall–Kier alpha value is -1.93. The number of hydrogen-bond acceptors (Lipinski definition) is 5. The van der Waals surface area contributed by atoms with E-state index < -0.39 is 15.4 Å². The monoisotopic (exact) mass is 504 g/mol. The molecule has 0 heterocycles. The second-order valence-corrected chi connectivity index (χ2v) is 13.0. The average Bonchev–Trinajstić information content (AvgIpc) is 2.79. The summed E-state index contributed by atoms with van der Waals surface area (Å²) in [5.74, 6) is 0.347. The number of methoxy groups -OCH3 is 1. The van der Waals surface area contributed by atoms with E-state index >= 15 is 0 Å². The van der Waals surface area contributed by atoms with Gasteiger partial charge in [-0.15, -0.1) is 0 Å². The minimum Gasteiger partial charge on any atom is -0.469 e. The van der Waals surface area contributed by atoms with Crippen LogP contribution < -0.4 is 10.0 Å². The first-order valence-corrected chi connectivity index (χ1v) is 14.5. The fourth-order valence-corrected chi connectivity index (χ4v) is 8.00. The molecule has 4 aliphatic rings. The van der Waals surface area contributed by atoms with Crippen molar-refractivity contribution in [1.82, 2.24) is 10.0 Å². The zero-order chi connectivity index (χ0) is 25.3. The highest BCUT2D eigenvalue weighted by atomic mass is 32.2. The highest BCUT2D eigenvalue weighted by Crippen LogP contribution is 2.73. The Morgan fingerprint density at radius 2 is 1.69 bits per heavy atom. The Balaban J connectivity index is 1.30. The van der Waals surface area contributed by atoms with Crippen LogP contribution in [0.1, 0.15) is 76.7 Å². The lowest BCUT2D eigenvalue weighted by atomic mass is 9.35. The smallest absolute Gasteiger partial charge is 0.311 e. The molecule has 2 N–H and O–H groups in total. The number of sulfonamides is 1. The maximum atomic E-state index is 13.2. The van der Waals surface area contributed by atoms with Crippen molar-refractivity contribution in [3.63, 3.8) is 0 Å².